The molecule has 0 saturated carbocycles. The number of primary amides is 1. The number of anilines is 1. The van der Waals surface area contributed by atoms with Gasteiger partial charge in [0, 0.05) is 6.07 Å². The maximum atomic E-state index is 14.1. The molecular weight excluding hydrogens is 485 g/mol. The summed E-state index contributed by atoms with van der Waals surface area (Å²) in [6, 6.07) is 5.64. The average Bonchev–Trinajstić information content (AvgIpc) is 3.50. The van der Waals surface area contributed by atoms with E-state index in [4.69, 9.17) is 5.73 Å². The van der Waals surface area contributed by atoms with Crippen molar-refractivity contribution in [3.63, 3.8) is 0 Å². The molecule has 0 aliphatic rings. The molecule has 4 rings (SSSR count). The van der Waals surface area contributed by atoms with Gasteiger partial charge in [0.1, 0.15) is 11.6 Å². The van der Waals surface area contributed by atoms with Crippen molar-refractivity contribution in [2.75, 3.05) is 5.32 Å². The molecule has 0 aromatic carbocycles. The van der Waals surface area contributed by atoms with E-state index in [9.17, 15) is 28.0 Å². The maximum absolute atomic E-state index is 14.1. The van der Waals surface area contributed by atoms with E-state index in [0.29, 0.717) is 10.9 Å². The first kappa shape index (κ1) is 23.8. The van der Waals surface area contributed by atoms with Crippen LogP contribution in [0.4, 0.5) is 23.7 Å². The van der Waals surface area contributed by atoms with Gasteiger partial charge >= 0.3 is 12.3 Å². The average molecular weight is 498 g/mol. The molecule has 13 nitrogen and oxygen atoms in total. The summed E-state index contributed by atoms with van der Waals surface area (Å²) in [5.41, 5.74) is 2.81. The Morgan fingerprint density at radius 3 is 2.50 bits per heavy atom. The Hall–Kier alpha value is -5.33. The van der Waals surface area contributed by atoms with Crippen LogP contribution in [0.2, 0.25) is 0 Å². The van der Waals surface area contributed by atoms with Gasteiger partial charge in [-0.05, 0) is 18.6 Å². The van der Waals surface area contributed by atoms with Crippen molar-refractivity contribution in [1.82, 2.24) is 34.7 Å². The molecular formula is C20H13F3N10O3. The molecule has 36 heavy (non-hydrogen) atoms. The Balaban J connectivity index is 1.71. The smallest absolute Gasteiger partial charge is 0.391 e. The molecule has 0 bridgehead atoms. The monoisotopic (exact) mass is 498 g/mol. The highest BCUT2D eigenvalue weighted by atomic mass is 19.4. The van der Waals surface area contributed by atoms with Crippen molar-refractivity contribution < 1.29 is 27.5 Å². The third-order valence-corrected chi connectivity index (χ3v) is 4.59. The molecule has 16 heteroatoms. The van der Waals surface area contributed by atoms with E-state index in [1.54, 1.807) is 0 Å². The number of carbonyl (C=O) groups excluding carboxylic acids is 2. The fourth-order valence-corrected chi connectivity index (χ4v) is 3.11. The number of hydrogen-bond acceptors (Lipinski definition) is 9. The number of nitrogens with one attached hydrogen (secondary N) is 1. The van der Waals surface area contributed by atoms with Crippen molar-refractivity contribution in [2.45, 2.75) is 13.1 Å². The Bertz CT molecular complexity index is 1510. The molecule has 0 aliphatic heterocycles. The lowest BCUT2D eigenvalue weighted by molar-refractivity contribution is -0.143. The molecule has 0 saturated heterocycles. The number of pyridine rings is 2. The standard InChI is InChI=1S/C20H13F3N10O3/c1-10-2-3-14(36-19(25)35)31-16(10)32-15(20(21,22)23)13(9-29-32)18(34)30-12-6-11(7-24)17(26-8-12)33-27-4-5-28-33/h2-6,8-9H,1H3,(H2,25,35)(H,30,34). The van der Waals surface area contributed by atoms with Gasteiger partial charge in [0.05, 0.1) is 36.0 Å². The van der Waals surface area contributed by atoms with Crippen LogP contribution in [-0.2, 0) is 6.18 Å². The van der Waals surface area contributed by atoms with Crippen molar-refractivity contribution in [2.24, 2.45) is 5.73 Å². The highest BCUT2D eigenvalue weighted by Crippen LogP contribution is 2.34. The SMILES string of the molecule is Cc1ccc(OC(N)=O)nc1-n1ncc(C(=O)Nc2cnc(-n3nccn3)c(C#N)c2)c1C(F)(F)F. The predicted octanol–water partition coefficient (Wildman–Crippen LogP) is 2.15. The summed E-state index contributed by atoms with van der Waals surface area (Å²) in [6.45, 7) is 1.45. The van der Waals surface area contributed by atoms with Crippen LogP contribution in [0.5, 0.6) is 5.88 Å². The minimum absolute atomic E-state index is 0.0400. The van der Waals surface area contributed by atoms with E-state index in [0.717, 1.165) is 11.0 Å². The number of carbonyl (C=O) groups is 2. The van der Waals surface area contributed by atoms with Gasteiger partial charge in [-0.15, -0.1) is 4.80 Å². The van der Waals surface area contributed by atoms with Crippen LogP contribution >= 0.6 is 0 Å². The van der Waals surface area contributed by atoms with E-state index < -0.39 is 29.4 Å². The Morgan fingerprint density at radius 1 is 1.14 bits per heavy atom. The van der Waals surface area contributed by atoms with Gasteiger partial charge in [-0.25, -0.2) is 14.5 Å². The quantitative estimate of drug-likeness (QED) is 0.417. The molecule has 4 aromatic rings. The van der Waals surface area contributed by atoms with Gasteiger partial charge in [0.25, 0.3) is 5.91 Å². The van der Waals surface area contributed by atoms with E-state index >= 15 is 0 Å². The number of nitrogens with two attached hydrogens (primary N) is 1. The number of hydrogen-bond donors (Lipinski definition) is 2. The van der Waals surface area contributed by atoms with Gasteiger partial charge in [0.2, 0.25) is 5.88 Å². The number of rotatable bonds is 5. The normalized spacial score (nSPS) is 11.1. The zero-order chi connectivity index (χ0) is 26.0. The number of halogens is 3. The van der Waals surface area contributed by atoms with Crippen LogP contribution in [0.1, 0.15) is 27.2 Å². The first-order valence-electron chi connectivity index (χ1n) is 9.77. The van der Waals surface area contributed by atoms with Crippen LogP contribution in [0, 0.1) is 18.3 Å². The van der Waals surface area contributed by atoms with Crippen molar-refractivity contribution >= 4 is 17.7 Å². The van der Waals surface area contributed by atoms with Gasteiger partial charge < -0.3 is 15.8 Å². The van der Waals surface area contributed by atoms with Crippen molar-refractivity contribution in [3.05, 3.63) is 65.4 Å². The van der Waals surface area contributed by atoms with Crippen LogP contribution in [-0.4, -0.2) is 46.7 Å². The molecule has 4 heterocycles. The summed E-state index contributed by atoms with van der Waals surface area (Å²) in [6.07, 6.45) is -1.69. The second-order valence-corrected chi connectivity index (χ2v) is 7.01. The Kier molecular flexibility index (Phi) is 6.04. The first-order valence-corrected chi connectivity index (χ1v) is 9.77. The van der Waals surface area contributed by atoms with Gasteiger partial charge in [-0.3, -0.25) is 4.79 Å². The number of aromatic nitrogens is 7. The molecule has 0 aliphatic carbocycles. The fraction of sp³-hybridized carbons (Fsp3) is 0.100. The number of aryl methyl sites for hydroxylation is 1. The maximum Gasteiger partial charge on any atom is 0.434 e. The number of amides is 2. The second kappa shape index (κ2) is 9.13. The highest BCUT2D eigenvalue weighted by Gasteiger charge is 2.41. The fourth-order valence-electron chi connectivity index (χ4n) is 3.11. The van der Waals surface area contributed by atoms with E-state index in [1.807, 2.05) is 6.07 Å². The molecule has 0 unspecified atom stereocenters. The lowest BCUT2D eigenvalue weighted by Gasteiger charge is -2.14. The molecule has 0 radical (unpaired) electrons. The van der Waals surface area contributed by atoms with E-state index in [-0.39, 0.29) is 34.3 Å². The third-order valence-electron chi connectivity index (χ3n) is 4.59. The lowest BCUT2D eigenvalue weighted by Crippen LogP contribution is -2.22. The van der Waals surface area contributed by atoms with Crippen LogP contribution in [0.25, 0.3) is 11.6 Å². The summed E-state index contributed by atoms with van der Waals surface area (Å²) in [5, 5.41) is 23.1. The predicted molar refractivity (Wildman–Crippen MR) is 113 cm³/mol. The zero-order valence-electron chi connectivity index (χ0n) is 18.1. The van der Waals surface area contributed by atoms with Gasteiger partial charge in [-0.1, -0.05) is 6.07 Å². The Morgan fingerprint density at radius 2 is 1.86 bits per heavy atom. The molecule has 182 valence electrons. The summed E-state index contributed by atoms with van der Waals surface area (Å²) in [7, 11) is 0. The number of alkyl halides is 3. The highest BCUT2D eigenvalue weighted by molar-refractivity contribution is 6.05. The topological polar surface area (TPSA) is 180 Å². The van der Waals surface area contributed by atoms with Crippen LogP contribution < -0.4 is 15.8 Å². The summed E-state index contributed by atoms with van der Waals surface area (Å²) in [5.74, 6) is -1.82. The largest absolute Gasteiger partial charge is 0.434 e. The van der Waals surface area contributed by atoms with Gasteiger partial charge in [-0.2, -0.15) is 38.7 Å². The minimum Gasteiger partial charge on any atom is -0.391 e. The zero-order valence-corrected chi connectivity index (χ0v) is 18.1. The first-order chi connectivity index (χ1) is 17.1. The van der Waals surface area contributed by atoms with Gasteiger partial charge in [0.15, 0.2) is 17.3 Å². The molecule has 0 spiro atoms. The number of nitriles is 1. The molecule has 4 aromatic heterocycles. The minimum atomic E-state index is -5.04. The lowest BCUT2D eigenvalue weighted by atomic mass is 10.2. The summed E-state index contributed by atoms with van der Waals surface area (Å²) >= 11 is 0. The van der Waals surface area contributed by atoms with Crippen molar-refractivity contribution in [3.8, 4) is 23.6 Å². The summed E-state index contributed by atoms with van der Waals surface area (Å²) < 4.78 is 47.2. The van der Waals surface area contributed by atoms with Crippen LogP contribution in [0.3, 0.4) is 0 Å². The van der Waals surface area contributed by atoms with E-state index in [1.165, 1.54) is 37.5 Å². The molecule has 2 amide bonds. The molecule has 0 fully saturated rings. The Labute approximate surface area is 198 Å². The van der Waals surface area contributed by atoms with Crippen LogP contribution in [0.15, 0.2) is 43.0 Å². The molecule has 0 atom stereocenters. The number of nitrogens with zero attached hydrogens (tertiary/aromatic N) is 8. The second-order valence-electron chi connectivity index (χ2n) is 7.01. The number of ether oxygens (including phenoxy) is 1. The van der Waals surface area contributed by atoms with E-state index in [2.05, 4.69) is 35.3 Å². The third kappa shape index (κ3) is 4.65. The molecule has 3 N–H and O–H groups in total. The summed E-state index contributed by atoms with van der Waals surface area (Å²) in [4.78, 5) is 32.8. The van der Waals surface area contributed by atoms with Crippen molar-refractivity contribution in [1.29, 1.82) is 5.26 Å².